The predicted molar refractivity (Wildman–Crippen MR) is 95.2 cm³/mol. The van der Waals surface area contributed by atoms with Crippen molar-refractivity contribution in [3.8, 4) is 11.5 Å². The standard InChI is InChI=1S/C18H18FN7O/c1-2-4-12-14(22-11-26-17(12)23-15(10-27)24-26)9-25-8-7-21-18(25)16-13(19)5-3-6-20-16/h3,5-8,11,27H,2,4,9-10H2,1H3. The highest BCUT2D eigenvalue weighted by atomic mass is 19.1. The van der Waals surface area contributed by atoms with Crippen LogP contribution in [0.3, 0.4) is 0 Å². The summed E-state index contributed by atoms with van der Waals surface area (Å²) in [5.41, 5.74) is 2.63. The van der Waals surface area contributed by atoms with E-state index in [2.05, 4.69) is 32.0 Å². The second-order valence-corrected chi connectivity index (χ2v) is 6.09. The van der Waals surface area contributed by atoms with E-state index in [4.69, 9.17) is 0 Å². The molecule has 0 saturated carbocycles. The zero-order valence-corrected chi connectivity index (χ0v) is 14.7. The highest BCUT2D eigenvalue weighted by molar-refractivity contribution is 5.52. The van der Waals surface area contributed by atoms with Gasteiger partial charge in [-0.15, -0.1) is 5.10 Å². The van der Waals surface area contributed by atoms with Gasteiger partial charge in [0.25, 0.3) is 0 Å². The summed E-state index contributed by atoms with van der Waals surface area (Å²) in [7, 11) is 0. The summed E-state index contributed by atoms with van der Waals surface area (Å²) in [6, 6.07) is 2.91. The normalized spacial score (nSPS) is 11.4. The van der Waals surface area contributed by atoms with Gasteiger partial charge in [0.15, 0.2) is 23.1 Å². The summed E-state index contributed by atoms with van der Waals surface area (Å²) < 4.78 is 17.5. The van der Waals surface area contributed by atoms with E-state index in [1.54, 1.807) is 29.3 Å². The van der Waals surface area contributed by atoms with Crippen LogP contribution in [0.1, 0.15) is 30.4 Å². The average Bonchev–Trinajstić information content (AvgIpc) is 3.31. The third-order valence-electron chi connectivity index (χ3n) is 4.26. The molecule has 0 fully saturated rings. The smallest absolute Gasteiger partial charge is 0.177 e. The SMILES string of the molecule is CCCc1c(Cn2ccnc2-c2ncccc2F)ncn2nc(CO)nc12. The fraction of sp³-hybridized carbons (Fsp3) is 0.278. The molecule has 0 unspecified atom stereocenters. The molecular formula is C18H18FN7O. The number of pyridine rings is 1. The summed E-state index contributed by atoms with van der Waals surface area (Å²) in [6.07, 6.45) is 8.17. The summed E-state index contributed by atoms with van der Waals surface area (Å²) in [5.74, 6) is 0.368. The van der Waals surface area contributed by atoms with Gasteiger partial charge in [-0.2, -0.15) is 0 Å². The molecule has 27 heavy (non-hydrogen) atoms. The molecule has 0 radical (unpaired) electrons. The van der Waals surface area contributed by atoms with Gasteiger partial charge in [0.05, 0.1) is 12.2 Å². The van der Waals surface area contributed by atoms with Crippen molar-refractivity contribution in [2.45, 2.75) is 32.9 Å². The molecule has 4 heterocycles. The minimum absolute atomic E-state index is 0.200. The molecule has 0 saturated heterocycles. The van der Waals surface area contributed by atoms with Crippen LogP contribution in [0, 0.1) is 5.82 Å². The van der Waals surface area contributed by atoms with E-state index in [9.17, 15) is 9.50 Å². The highest BCUT2D eigenvalue weighted by Gasteiger charge is 2.17. The van der Waals surface area contributed by atoms with Gasteiger partial charge >= 0.3 is 0 Å². The third-order valence-corrected chi connectivity index (χ3v) is 4.26. The van der Waals surface area contributed by atoms with Gasteiger partial charge in [0.2, 0.25) is 0 Å². The zero-order chi connectivity index (χ0) is 18.8. The van der Waals surface area contributed by atoms with Crippen molar-refractivity contribution in [1.29, 1.82) is 0 Å². The van der Waals surface area contributed by atoms with Crippen molar-refractivity contribution in [3.05, 3.63) is 59.9 Å². The van der Waals surface area contributed by atoms with Gasteiger partial charge in [-0.05, 0) is 18.6 Å². The Morgan fingerprint density at radius 2 is 2.07 bits per heavy atom. The van der Waals surface area contributed by atoms with Gasteiger partial charge in [-0.1, -0.05) is 13.3 Å². The monoisotopic (exact) mass is 367 g/mol. The lowest BCUT2D eigenvalue weighted by molar-refractivity contribution is 0.271. The number of fused-ring (bicyclic) bond motifs is 1. The minimum Gasteiger partial charge on any atom is -0.388 e. The van der Waals surface area contributed by atoms with Crippen molar-refractivity contribution >= 4 is 5.65 Å². The number of halogens is 1. The number of aromatic nitrogens is 7. The molecule has 0 atom stereocenters. The van der Waals surface area contributed by atoms with Gasteiger partial charge in [0, 0.05) is 24.2 Å². The van der Waals surface area contributed by atoms with Crippen LogP contribution in [0.25, 0.3) is 17.2 Å². The first kappa shape index (κ1) is 17.2. The number of hydrogen-bond acceptors (Lipinski definition) is 6. The van der Waals surface area contributed by atoms with Gasteiger partial charge < -0.3 is 9.67 Å². The average molecular weight is 367 g/mol. The minimum atomic E-state index is -0.424. The van der Waals surface area contributed by atoms with E-state index in [0.717, 1.165) is 24.1 Å². The van der Waals surface area contributed by atoms with E-state index < -0.39 is 5.82 Å². The highest BCUT2D eigenvalue weighted by Crippen LogP contribution is 2.21. The fourth-order valence-corrected chi connectivity index (χ4v) is 3.06. The predicted octanol–water partition coefficient (Wildman–Crippen LogP) is 2.02. The first-order valence-corrected chi connectivity index (χ1v) is 8.66. The number of aliphatic hydroxyl groups excluding tert-OH is 1. The second-order valence-electron chi connectivity index (χ2n) is 6.09. The Kier molecular flexibility index (Phi) is 4.59. The van der Waals surface area contributed by atoms with Crippen LogP contribution in [-0.2, 0) is 19.6 Å². The molecule has 4 rings (SSSR count). The summed E-state index contributed by atoms with van der Waals surface area (Å²) in [5, 5.41) is 13.5. The van der Waals surface area contributed by atoms with Crippen molar-refractivity contribution in [3.63, 3.8) is 0 Å². The van der Waals surface area contributed by atoms with Crippen LogP contribution in [0.5, 0.6) is 0 Å². The van der Waals surface area contributed by atoms with Crippen molar-refractivity contribution in [2.24, 2.45) is 0 Å². The molecule has 4 aromatic heterocycles. The van der Waals surface area contributed by atoms with Crippen molar-refractivity contribution in [2.75, 3.05) is 0 Å². The molecule has 0 aromatic carbocycles. The maximum absolute atomic E-state index is 14.1. The van der Waals surface area contributed by atoms with E-state index in [1.807, 2.05) is 4.57 Å². The first-order valence-electron chi connectivity index (χ1n) is 8.66. The topological polar surface area (TPSA) is 94.0 Å². The molecule has 0 aliphatic heterocycles. The molecule has 0 aliphatic rings. The van der Waals surface area contributed by atoms with Gasteiger partial charge in [0.1, 0.15) is 18.6 Å². The second kappa shape index (κ2) is 7.20. The van der Waals surface area contributed by atoms with E-state index in [0.29, 0.717) is 23.8 Å². The Morgan fingerprint density at radius 3 is 2.85 bits per heavy atom. The fourth-order valence-electron chi connectivity index (χ4n) is 3.06. The van der Waals surface area contributed by atoms with Crippen molar-refractivity contribution < 1.29 is 9.50 Å². The Hall–Kier alpha value is -3.20. The van der Waals surface area contributed by atoms with Crippen molar-refractivity contribution in [1.82, 2.24) is 34.1 Å². The molecule has 8 nitrogen and oxygen atoms in total. The Bertz CT molecular complexity index is 1090. The number of nitrogens with zero attached hydrogens (tertiary/aromatic N) is 7. The Balaban J connectivity index is 1.78. The molecule has 0 aliphatic carbocycles. The zero-order valence-electron chi connectivity index (χ0n) is 14.7. The summed E-state index contributed by atoms with van der Waals surface area (Å²) in [4.78, 5) is 17.3. The molecule has 138 valence electrons. The maximum Gasteiger partial charge on any atom is 0.177 e. The summed E-state index contributed by atoms with van der Waals surface area (Å²) in [6.45, 7) is 2.24. The first-order chi connectivity index (χ1) is 13.2. The van der Waals surface area contributed by atoms with Crippen LogP contribution in [0.4, 0.5) is 4.39 Å². The van der Waals surface area contributed by atoms with E-state index in [-0.39, 0.29) is 12.3 Å². The number of imidazole rings is 1. The number of hydrogen-bond donors (Lipinski definition) is 1. The van der Waals surface area contributed by atoms with Crippen LogP contribution in [0.2, 0.25) is 0 Å². The Morgan fingerprint density at radius 1 is 1.19 bits per heavy atom. The molecule has 4 aromatic rings. The van der Waals surface area contributed by atoms with Gasteiger partial charge in [-0.3, -0.25) is 0 Å². The Labute approximate surface area is 154 Å². The molecular weight excluding hydrogens is 349 g/mol. The molecule has 0 bridgehead atoms. The van der Waals surface area contributed by atoms with E-state index in [1.165, 1.54) is 12.3 Å². The van der Waals surface area contributed by atoms with Crippen LogP contribution in [0.15, 0.2) is 37.1 Å². The quantitative estimate of drug-likeness (QED) is 0.560. The summed E-state index contributed by atoms with van der Waals surface area (Å²) >= 11 is 0. The lowest BCUT2D eigenvalue weighted by Gasteiger charge is -2.11. The molecule has 9 heteroatoms. The lowest BCUT2D eigenvalue weighted by atomic mass is 10.1. The number of rotatable bonds is 6. The van der Waals surface area contributed by atoms with Crippen LogP contribution in [-0.4, -0.2) is 39.2 Å². The third kappa shape index (κ3) is 3.17. The molecule has 0 spiro atoms. The number of aryl methyl sites for hydroxylation is 1. The molecule has 0 amide bonds. The van der Waals surface area contributed by atoms with E-state index >= 15 is 0 Å². The van der Waals surface area contributed by atoms with Crippen LogP contribution >= 0.6 is 0 Å². The van der Waals surface area contributed by atoms with Crippen LogP contribution < -0.4 is 0 Å². The number of aliphatic hydroxyl groups is 1. The van der Waals surface area contributed by atoms with Gasteiger partial charge in [-0.25, -0.2) is 28.8 Å². The largest absolute Gasteiger partial charge is 0.388 e. The molecule has 1 N–H and O–H groups in total. The lowest BCUT2D eigenvalue weighted by Crippen LogP contribution is -2.10. The maximum atomic E-state index is 14.1.